The van der Waals surface area contributed by atoms with Crippen LogP contribution >= 0.6 is 0 Å². The van der Waals surface area contributed by atoms with Crippen LogP contribution in [0.2, 0.25) is 0 Å². The van der Waals surface area contributed by atoms with E-state index in [-0.39, 0.29) is 12.1 Å². The molecule has 0 saturated carbocycles. The minimum Gasteiger partial charge on any atom is -0.444 e. The van der Waals surface area contributed by atoms with E-state index >= 15 is 0 Å². The lowest BCUT2D eigenvalue weighted by atomic mass is 9.97. The number of nitrogens with one attached hydrogen (secondary N) is 2. The first-order valence-electron chi connectivity index (χ1n) is 6.09. The number of hydrogen-bond acceptors (Lipinski definition) is 3. The number of carbonyl (C=O) groups is 1. The third-order valence-electron chi connectivity index (χ3n) is 2.80. The van der Waals surface area contributed by atoms with Gasteiger partial charge in [-0.05, 0) is 52.6 Å². The molecule has 94 valence electrons. The zero-order valence-corrected chi connectivity index (χ0v) is 10.8. The third-order valence-corrected chi connectivity index (χ3v) is 2.80. The summed E-state index contributed by atoms with van der Waals surface area (Å²) in [6, 6.07) is 0.227. The molecule has 0 aromatic heterocycles. The van der Waals surface area contributed by atoms with E-state index in [9.17, 15) is 4.79 Å². The molecule has 1 aliphatic heterocycles. The smallest absolute Gasteiger partial charge is 0.407 e. The molecular weight excluding hydrogens is 204 g/mol. The summed E-state index contributed by atoms with van der Waals surface area (Å²) in [4.78, 5) is 11.6. The van der Waals surface area contributed by atoms with Crippen molar-refractivity contribution in [2.24, 2.45) is 5.92 Å². The van der Waals surface area contributed by atoms with Crippen molar-refractivity contribution in [1.29, 1.82) is 0 Å². The van der Waals surface area contributed by atoms with E-state index in [1.54, 1.807) is 0 Å². The average molecular weight is 228 g/mol. The molecular formula is C12H24N2O2. The molecule has 16 heavy (non-hydrogen) atoms. The maximum atomic E-state index is 11.6. The summed E-state index contributed by atoms with van der Waals surface area (Å²) in [6.07, 6.45) is 1.77. The molecule has 1 fully saturated rings. The topological polar surface area (TPSA) is 50.4 Å². The fraction of sp³-hybridized carbons (Fsp3) is 0.917. The lowest BCUT2D eigenvalue weighted by Crippen LogP contribution is -2.42. The number of rotatable bonds is 1. The van der Waals surface area contributed by atoms with Crippen molar-refractivity contribution in [3.05, 3.63) is 0 Å². The van der Waals surface area contributed by atoms with Crippen molar-refractivity contribution in [1.82, 2.24) is 10.6 Å². The van der Waals surface area contributed by atoms with Gasteiger partial charge >= 0.3 is 6.09 Å². The summed E-state index contributed by atoms with van der Waals surface area (Å²) in [5.41, 5.74) is -0.420. The van der Waals surface area contributed by atoms with Crippen LogP contribution in [0, 0.1) is 5.92 Å². The molecule has 0 unspecified atom stereocenters. The predicted octanol–water partition coefficient (Wildman–Crippen LogP) is 1.90. The van der Waals surface area contributed by atoms with Gasteiger partial charge in [-0.15, -0.1) is 0 Å². The fourth-order valence-corrected chi connectivity index (χ4v) is 1.87. The standard InChI is InChI=1S/C12H24N2O2/c1-9-5-7-13-8-6-10(9)14-11(15)16-12(2,3)4/h9-10,13H,5-8H2,1-4H3,(H,14,15)/t9-,10-/m1/s1. The Morgan fingerprint density at radius 1 is 1.31 bits per heavy atom. The van der Waals surface area contributed by atoms with Gasteiger partial charge in [0.1, 0.15) is 5.60 Å². The van der Waals surface area contributed by atoms with Gasteiger partial charge in [0.15, 0.2) is 0 Å². The molecule has 1 aliphatic rings. The molecule has 4 heteroatoms. The van der Waals surface area contributed by atoms with Crippen molar-refractivity contribution in [3.8, 4) is 0 Å². The van der Waals surface area contributed by atoms with Gasteiger partial charge in [0, 0.05) is 6.04 Å². The van der Waals surface area contributed by atoms with E-state index in [0.29, 0.717) is 5.92 Å². The van der Waals surface area contributed by atoms with Crippen LogP contribution in [0.25, 0.3) is 0 Å². The molecule has 0 radical (unpaired) electrons. The molecule has 4 nitrogen and oxygen atoms in total. The van der Waals surface area contributed by atoms with Gasteiger partial charge in [-0.25, -0.2) is 4.79 Å². The summed E-state index contributed by atoms with van der Waals surface area (Å²) in [6.45, 7) is 9.81. The number of ether oxygens (including phenoxy) is 1. The highest BCUT2D eigenvalue weighted by Crippen LogP contribution is 2.14. The van der Waals surface area contributed by atoms with Crippen LogP contribution in [-0.2, 0) is 4.74 Å². The molecule has 2 atom stereocenters. The average Bonchev–Trinajstić information content (AvgIpc) is 2.29. The zero-order valence-electron chi connectivity index (χ0n) is 10.8. The SMILES string of the molecule is C[C@@H]1CCNCC[C@H]1NC(=O)OC(C)(C)C. The number of carbonyl (C=O) groups excluding carboxylic acids is 1. The summed E-state index contributed by atoms with van der Waals surface area (Å²) in [5.74, 6) is 0.502. The van der Waals surface area contributed by atoms with E-state index in [1.165, 1.54) is 0 Å². The van der Waals surface area contributed by atoms with Crippen LogP contribution in [0.1, 0.15) is 40.5 Å². The Hall–Kier alpha value is -0.770. The number of amides is 1. The Bertz CT molecular complexity index is 236. The second kappa shape index (κ2) is 5.53. The van der Waals surface area contributed by atoms with Gasteiger partial charge in [0.25, 0.3) is 0 Å². The van der Waals surface area contributed by atoms with Crippen LogP contribution in [0.15, 0.2) is 0 Å². The van der Waals surface area contributed by atoms with Crippen molar-refractivity contribution < 1.29 is 9.53 Å². The lowest BCUT2D eigenvalue weighted by Gasteiger charge is -2.25. The molecule has 0 aromatic carbocycles. The van der Waals surface area contributed by atoms with Crippen LogP contribution in [0.4, 0.5) is 4.79 Å². The monoisotopic (exact) mass is 228 g/mol. The van der Waals surface area contributed by atoms with E-state index < -0.39 is 5.60 Å². The molecule has 1 heterocycles. The minimum absolute atomic E-state index is 0.227. The maximum absolute atomic E-state index is 11.6. The Morgan fingerprint density at radius 2 is 1.94 bits per heavy atom. The maximum Gasteiger partial charge on any atom is 0.407 e. The Balaban J connectivity index is 2.42. The Labute approximate surface area is 98.1 Å². The van der Waals surface area contributed by atoms with Gasteiger partial charge in [0.2, 0.25) is 0 Å². The Morgan fingerprint density at radius 3 is 2.56 bits per heavy atom. The highest BCUT2D eigenvalue weighted by atomic mass is 16.6. The number of alkyl carbamates (subject to hydrolysis) is 1. The number of hydrogen-bond donors (Lipinski definition) is 2. The zero-order chi connectivity index (χ0) is 12.2. The largest absolute Gasteiger partial charge is 0.444 e. The van der Waals surface area contributed by atoms with Crippen molar-refractivity contribution in [2.45, 2.75) is 52.2 Å². The summed E-state index contributed by atoms with van der Waals surface area (Å²) >= 11 is 0. The molecule has 1 amide bonds. The minimum atomic E-state index is -0.420. The van der Waals surface area contributed by atoms with E-state index in [1.807, 2.05) is 20.8 Å². The first kappa shape index (κ1) is 13.3. The van der Waals surface area contributed by atoms with E-state index in [2.05, 4.69) is 17.6 Å². The third kappa shape index (κ3) is 4.84. The van der Waals surface area contributed by atoms with Gasteiger partial charge in [-0.2, -0.15) is 0 Å². The quantitative estimate of drug-likeness (QED) is 0.720. The molecule has 2 N–H and O–H groups in total. The fourth-order valence-electron chi connectivity index (χ4n) is 1.87. The van der Waals surface area contributed by atoms with Crippen LogP contribution in [0.3, 0.4) is 0 Å². The normalized spacial score (nSPS) is 27.0. The van der Waals surface area contributed by atoms with Crippen molar-refractivity contribution in [3.63, 3.8) is 0 Å². The highest BCUT2D eigenvalue weighted by molar-refractivity contribution is 5.68. The first-order valence-corrected chi connectivity index (χ1v) is 6.09. The van der Waals surface area contributed by atoms with E-state index in [0.717, 1.165) is 25.9 Å². The van der Waals surface area contributed by atoms with Gasteiger partial charge in [0.05, 0.1) is 0 Å². The van der Waals surface area contributed by atoms with Gasteiger partial charge < -0.3 is 15.4 Å². The van der Waals surface area contributed by atoms with Gasteiger partial charge in [-0.3, -0.25) is 0 Å². The highest BCUT2D eigenvalue weighted by Gasteiger charge is 2.24. The second-order valence-corrected chi connectivity index (χ2v) is 5.56. The van der Waals surface area contributed by atoms with Crippen LogP contribution < -0.4 is 10.6 Å². The first-order chi connectivity index (χ1) is 7.38. The van der Waals surface area contributed by atoms with Crippen LogP contribution in [-0.4, -0.2) is 30.8 Å². The summed E-state index contributed by atoms with van der Waals surface area (Å²) in [5, 5.41) is 6.30. The molecule has 1 rings (SSSR count). The summed E-state index contributed by atoms with van der Waals surface area (Å²) in [7, 11) is 0. The second-order valence-electron chi connectivity index (χ2n) is 5.56. The van der Waals surface area contributed by atoms with E-state index in [4.69, 9.17) is 4.74 Å². The lowest BCUT2D eigenvalue weighted by molar-refractivity contribution is 0.0487. The van der Waals surface area contributed by atoms with Crippen molar-refractivity contribution >= 4 is 6.09 Å². The molecule has 0 aromatic rings. The predicted molar refractivity (Wildman–Crippen MR) is 64.4 cm³/mol. The molecule has 0 aliphatic carbocycles. The van der Waals surface area contributed by atoms with Crippen LogP contribution in [0.5, 0.6) is 0 Å². The van der Waals surface area contributed by atoms with Gasteiger partial charge in [-0.1, -0.05) is 6.92 Å². The molecule has 0 bridgehead atoms. The summed E-state index contributed by atoms with van der Waals surface area (Å²) < 4.78 is 5.26. The molecule has 0 spiro atoms. The molecule has 1 saturated heterocycles. The van der Waals surface area contributed by atoms with Crippen molar-refractivity contribution in [2.75, 3.05) is 13.1 Å². The Kier molecular flexibility index (Phi) is 4.59.